The van der Waals surface area contributed by atoms with E-state index >= 15 is 0 Å². The van der Waals surface area contributed by atoms with Crippen LogP contribution >= 0.6 is 0 Å². The zero-order valence-corrected chi connectivity index (χ0v) is 15.6. The molecule has 3 rings (SSSR count). The monoisotopic (exact) mass is 360 g/mol. The van der Waals surface area contributed by atoms with E-state index in [-0.39, 0.29) is 11.9 Å². The average molecular weight is 360 g/mol. The molecule has 0 heterocycles. The SMILES string of the molecule is CCOc1ccc(N[C@@H](C)C(=O)Nc2ccccc2-c2ccccc2)cc1. The third-order valence-electron chi connectivity index (χ3n) is 4.21. The van der Waals surface area contributed by atoms with Crippen LogP contribution in [0.3, 0.4) is 0 Å². The van der Waals surface area contributed by atoms with Crippen molar-refractivity contribution in [2.24, 2.45) is 0 Å². The Kier molecular flexibility index (Phi) is 6.10. The number of hydrogen-bond donors (Lipinski definition) is 2. The highest BCUT2D eigenvalue weighted by molar-refractivity contribution is 5.99. The molecule has 1 amide bonds. The molecule has 3 aromatic carbocycles. The lowest BCUT2D eigenvalue weighted by molar-refractivity contribution is -0.116. The summed E-state index contributed by atoms with van der Waals surface area (Å²) in [6.07, 6.45) is 0. The van der Waals surface area contributed by atoms with Gasteiger partial charge in [-0.2, -0.15) is 0 Å². The third kappa shape index (κ3) is 4.88. The molecule has 0 bridgehead atoms. The molecule has 27 heavy (non-hydrogen) atoms. The lowest BCUT2D eigenvalue weighted by Gasteiger charge is -2.17. The van der Waals surface area contributed by atoms with Gasteiger partial charge in [-0.25, -0.2) is 0 Å². The van der Waals surface area contributed by atoms with E-state index < -0.39 is 0 Å². The minimum Gasteiger partial charge on any atom is -0.494 e. The van der Waals surface area contributed by atoms with Crippen molar-refractivity contribution in [3.05, 3.63) is 78.9 Å². The van der Waals surface area contributed by atoms with E-state index in [0.29, 0.717) is 6.61 Å². The minimum atomic E-state index is -0.383. The van der Waals surface area contributed by atoms with Crippen molar-refractivity contribution in [3.63, 3.8) is 0 Å². The summed E-state index contributed by atoms with van der Waals surface area (Å²) in [6, 6.07) is 25.1. The highest BCUT2D eigenvalue weighted by Crippen LogP contribution is 2.27. The number of carbonyl (C=O) groups excluding carboxylic acids is 1. The summed E-state index contributed by atoms with van der Waals surface area (Å²) in [5, 5.41) is 6.26. The topological polar surface area (TPSA) is 50.4 Å². The molecule has 0 radical (unpaired) electrons. The molecule has 0 aliphatic carbocycles. The molecular weight excluding hydrogens is 336 g/mol. The van der Waals surface area contributed by atoms with Gasteiger partial charge in [0.05, 0.1) is 6.61 Å². The van der Waals surface area contributed by atoms with E-state index in [1.807, 2.05) is 92.7 Å². The molecular formula is C23H24N2O2. The van der Waals surface area contributed by atoms with Gasteiger partial charge in [-0.1, -0.05) is 48.5 Å². The summed E-state index contributed by atoms with van der Waals surface area (Å²) in [5.74, 6) is 0.726. The van der Waals surface area contributed by atoms with Crippen LogP contribution < -0.4 is 15.4 Å². The lowest BCUT2D eigenvalue weighted by atomic mass is 10.0. The molecule has 3 aromatic rings. The van der Waals surface area contributed by atoms with Crippen molar-refractivity contribution in [2.45, 2.75) is 19.9 Å². The molecule has 0 unspecified atom stereocenters. The van der Waals surface area contributed by atoms with Gasteiger partial charge in [0.1, 0.15) is 11.8 Å². The Balaban J connectivity index is 1.68. The second-order valence-corrected chi connectivity index (χ2v) is 6.22. The minimum absolute atomic E-state index is 0.0905. The normalized spacial score (nSPS) is 11.5. The Hall–Kier alpha value is -3.27. The van der Waals surface area contributed by atoms with Crippen molar-refractivity contribution in [2.75, 3.05) is 17.2 Å². The van der Waals surface area contributed by atoms with Crippen molar-refractivity contribution in [1.29, 1.82) is 0 Å². The maximum Gasteiger partial charge on any atom is 0.246 e. The van der Waals surface area contributed by atoms with Gasteiger partial charge in [-0.05, 0) is 49.7 Å². The Morgan fingerprint density at radius 2 is 1.59 bits per heavy atom. The largest absolute Gasteiger partial charge is 0.494 e. The van der Waals surface area contributed by atoms with Crippen LogP contribution in [0.15, 0.2) is 78.9 Å². The van der Waals surface area contributed by atoms with Crippen LogP contribution in [0.5, 0.6) is 5.75 Å². The molecule has 2 N–H and O–H groups in total. The molecule has 0 aromatic heterocycles. The summed E-state index contributed by atoms with van der Waals surface area (Å²) in [5.41, 5.74) is 3.74. The number of benzene rings is 3. The summed E-state index contributed by atoms with van der Waals surface area (Å²) in [7, 11) is 0. The second kappa shape index (κ2) is 8.90. The van der Waals surface area contributed by atoms with E-state index in [1.54, 1.807) is 0 Å². The predicted octanol–water partition coefficient (Wildman–Crippen LogP) is 5.19. The maximum absolute atomic E-state index is 12.7. The van der Waals surface area contributed by atoms with Crippen LogP contribution in [0.2, 0.25) is 0 Å². The first-order chi connectivity index (χ1) is 13.2. The highest BCUT2D eigenvalue weighted by atomic mass is 16.5. The van der Waals surface area contributed by atoms with Crippen molar-refractivity contribution < 1.29 is 9.53 Å². The summed E-state index contributed by atoms with van der Waals surface area (Å²) in [4.78, 5) is 12.7. The van der Waals surface area contributed by atoms with Gasteiger partial charge in [-0.3, -0.25) is 4.79 Å². The Morgan fingerprint density at radius 3 is 2.30 bits per heavy atom. The first kappa shape index (κ1) is 18.5. The average Bonchev–Trinajstić information content (AvgIpc) is 2.70. The number of nitrogens with one attached hydrogen (secondary N) is 2. The van der Waals surface area contributed by atoms with E-state index in [0.717, 1.165) is 28.3 Å². The summed E-state index contributed by atoms with van der Waals surface area (Å²) >= 11 is 0. The standard InChI is InChI=1S/C23H24N2O2/c1-3-27-20-15-13-19(14-16-20)24-17(2)23(26)25-22-12-8-7-11-21(22)18-9-5-4-6-10-18/h4-17,24H,3H2,1-2H3,(H,25,26)/t17-/m0/s1. The zero-order valence-electron chi connectivity index (χ0n) is 15.6. The van der Waals surface area contributed by atoms with Crippen molar-refractivity contribution >= 4 is 17.3 Å². The molecule has 1 atom stereocenters. The van der Waals surface area contributed by atoms with E-state index in [1.165, 1.54) is 0 Å². The van der Waals surface area contributed by atoms with Gasteiger partial charge in [0.25, 0.3) is 0 Å². The number of anilines is 2. The highest BCUT2D eigenvalue weighted by Gasteiger charge is 2.15. The Bertz CT molecular complexity index is 876. The van der Waals surface area contributed by atoms with Crippen LogP contribution in [-0.2, 0) is 4.79 Å². The maximum atomic E-state index is 12.7. The molecule has 0 aliphatic heterocycles. The number of ether oxygens (including phenoxy) is 1. The smallest absolute Gasteiger partial charge is 0.246 e. The van der Waals surface area contributed by atoms with E-state index in [9.17, 15) is 4.79 Å². The number of hydrogen-bond acceptors (Lipinski definition) is 3. The fourth-order valence-electron chi connectivity index (χ4n) is 2.83. The molecule has 0 fully saturated rings. The van der Waals surface area contributed by atoms with Gasteiger partial charge in [-0.15, -0.1) is 0 Å². The molecule has 138 valence electrons. The zero-order chi connectivity index (χ0) is 19.1. The summed E-state index contributed by atoms with van der Waals surface area (Å²) in [6.45, 7) is 4.43. The molecule has 0 spiro atoms. The third-order valence-corrected chi connectivity index (χ3v) is 4.21. The molecule has 4 heteroatoms. The first-order valence-corrected chi connectivity index (χ1v) is 9.12. The van der Waals surface area contributed by atoms with Gasteiger partial charge >= 0.3 is 0 Å². The quantitative estimate of drug-likeness (QED) is 0.609. The van der Waals surface area contributed by atoms with Gasteiger partial charge in [0.15, 0.2) is 0 Å². The van der Waals surface area contributed by atoms with Crippen LogP contribution in [0.1, 0.15) is 13.8 Å². The number of rotatable bonds is 7. The number of amides is 1. The van der Waals surface area contributed by atoms with Crippen molar-refractivity contribution in [3.8, 4) is 16.9 Å². The van der Waals surface area contributed by atoms with E-state index in [2.05, 4.69) is 10.6 Å². The fraction of sp³-hybridized carbons (Fsp3) is 0.174. The fourth-order valence-corrected chi connectivity index (χ4v) is 2.83. The lowest BCUT2D eigenvalue weighted by Crippen LogP contribution is -2.32. The van der Waals surface area contributed by atoms with Gasteiger partial charge < -0.3 is 15.4 Å². The van der Waals surface area contributed by atoms with Crippen LogP contribution in [0.25, 0.3) is 11.1 Å². The van der Waals surface area contributed by atoms with Crippen molar-refractivity contribution in [1.82, 2.24) is 0 Å². The Labute approximate surface area is 160 Å². The summed E-state index contributed by atoms with van der Waals surface area (Å²) < 4.78 is 5.44. The predicted molar refractivity (Wildman–Crippen MR) is 111 cm³/mol. The van der Waals surface area contributed by atoms with Gasteiger partial charge in [0.2, 0.25) is 5.91 Å². The number of carbonyl (C=O) groups is 1. The first-order valence-electron chi connectivity index (χ1n) is 9.12. The van der Waals surface area contributed by atoms with Crippen LogP contribution in [0.4, 0.5) is 11.4 Å². The van der Waals surface area contributed by atoms with Crippen LogP contribution in [-0.4, -0.2) is 18.6 Å². The number of para-hydroxylation sites is 1. The molecule has 0 saturated heterocycles. The molecule has 0 aliphatic rings. The Morgan fingerprint density at radius 1 is 0.926 bits per heavy atom. The van der Waals surface area contributed by atoms with E-state index in [4.69, 9.17) is 4.74 Å². The van der Waals surface area contributed by atoms with Gasteiger partial charge in [0, 0.05) is 16.9 Å². The molecule has 4 nitrogen and oxygen atoms in total. The molecule has 0 saturated carbocycles. The van der Waals surface area contributed by atoms with Crippen LogP contribution in [0, 0.1) is 0 Å². The second-order valence-electron chi connectivity index (χ2n) is 6.22.